The molecular weight excluding hydrogens is 348 g/mol. The van der Waals surface area contributed by atoms with E-state index in [0.717, 1.165) is 21.6 Å². The van der Waals surface area contributed by atoms with Crippen LogP contribution in [0, 0.1) is 0 Å². The molecule has 1 aromatic carbocycles. The van der Waals surface area contributed by atoms with Crippen molar-refractivity contribution in [3.63, 3.8) is 0 Å². The van der Waals surface area contributed by atoms with E-state index in [1.165, 1.54) is 10.3 Å². The number of thiophene rings is 1. The first-order valence-corrected chi connectivity index (χ1v) is 9.87. The Morgan fingerprint density at radius 3 is 2.80 bits per heavy atom. The minimum absolute atomic E-state index is 0.226. The molecule has 1 N–H and O–H groups in total. The van der Waals surface area contributed by atoms with E-state index in [0.29, 0.717) is 0 Å². The van der Waals surface area contributed by atoms with Gasteiger partial charge in [-0.3, -0.25) is 4.99 Å². The predicted octanol–water partition coefficient (Wildman–Crippen LogP) is 4.95. The normalized spacial score (nSPS) is 12.8. The van der Waals surface area contributed by atoms with Crippen LogP contribution in [-0.4, -0.2) is 21.9 Å². The maximum atomic E-state index is 4.76. The molecule has 3 aromatic heterocycles. The molecular formula is C19H18N4S2. The highest BCUT2D eigenvalue weighted by atomic mass is 32.1. The maximum Gasteiger partial charge on any atom is 0.206 e. The minimum Gasteiger partial charge on any atom is -0.361 e. The zero-order valence-corrected chi connectivity index (χ0v) is 15.6. The van der Waals surface area contributed by atoms with Crippen molar-refractivity contribution in [2.75, 3.05) is 0 Å². The van der Waals surface area contributed by atoms with E-state index < -0.39 is 0 Å². The van der Waals surface area contributed by atoms with Crippen LogP contribution in [0.15, 0.2) is 63.4 Å². The number of rotatable bonds is 4. The molecule has 0 spiro atoms. The van der Waals surface area contributed by atoms with Gasteiger partial charge in [0.25, 0.3) is 0 Å². The number of para-hydroxylation sites is 1. The molecule has 0 amide bonds. The molecule has 3 heterocycles. The van der Waals surface area contributed by atoms with Crippen LogP contribution in [0.25, 0.3) is 21.5 Å². The molecule has 4 nitrogen and oxygen atoms in total. The van der Waals surface area contributed by atoms with Crippen LogP contribution in [0.4, 0.5) is 0 Å². The van der Waals surface area contributed by atoms with Crippen molar-refractivity contribution in [3.8, 4) is 10.6 Å². The molecule has 0 saturated carbocycles. The number of thiazole rings is 1. The lowest BCUT2D eigenvalue weighted by atomic mass is 10.2. The number of hydrogen-bond donors (Lipinski definition) is 1. The summed E-state index contributed by atoms with van der Waals surface area (Å²) in [6.45, 7) is 4.16. The van der Waals surface area contributed by atoms with Crippen LogP contribution in [0.1, 0.15) is 19.4 Å². The van der Waals surface area contributed by atoms with Gasteiger partial charge in [-0.15, -0.1) is 22.7 Å². The molecule has 0 aliphatic rings. The van der Waals surface area contributed by atoms with E-state index in [9.17, 15) is 0 Å². The van der Waals surface area contributed by atoms with E-state index >= 15 is 0 Å². The topological polar surface area (TPSA) is 45.4 Å². The lowest BCUT2D eigenvalue weighted by Crippen LogP contribution is -2.14. The molecule has 6 heteroatoms. The Hall–Kier alpha value is -2.44. The highest BCUT2D eigenvalue weighted by Gasteiger charge is 2.09. The minimum atomic E-state index is 0.226. The fraction of sp³-hybridized carbons (Fsp3) is 0.158. The van der Waals surface area contributed by atoms with Gasteiger partial charge in [0.05, 0.1) is 16.8 Å². The predicted molar refractivity (Wildman–Crippen MR) is 108 cm³/mol. The zero-order valence-electron chi connectivity index (χ0n) is 14.0. The van der Waals surface area contributed by atoms with E-state index in [-0.39, 0.29) is 6.04 Å². The third-order valence-corrected chi connectivity index (χ3v) is 5.48. The highest BCUT2D eigenvalue weighted by Crippen LogP contribution is 2.25. The fourth-order valence-corrected chi connectivity index (χ4v) is 4.40. The molecule has 4 rings (SSSR count). The lowest BCUT2D eigenvalue weighted by Gasteiger charge is -2.01. The van der Waals surface area contributed by atoms with Gasteiger partial charge in [-0.2, -0.15) is 5.10 Å². The average molecular weight is 367 g/mol. The summed E-state index contributed by atoms with van der Waals surface area (Å²) in [4.78, 5) is 10.1. The molecule has 126 valence electrons. The van der Waals surface area contributed by atoms with Crippen molar-refractivity contribution >= 4 is 39.8 Å². The molecule has 0 unspecified atom stereocenters. The third-order valence-electron chi connectivity index (χ3n) is 3.76. The Morgan fingerprint density at radius 2 is 2.00 bits per heavy atom. The third kappa shape index (κ3) is 3.23. The van der Waals surface area contributed by atoms with Crippen molar-refractivity contribution < 1.29 is 0 Å². The van der Waals surface area contributed by atoms with Crippen LogP contribution in [0.5, 0.6) is 0 Å². The first-order chi connectivity index (χ1) is 12.2. The Bertz CT molecular complexity index is 1080. The number of H-pyrrole nitrogens is 1. The van der Waals surface area contributed by atoms with Crippen LogP contribution >= 0.6 is 22.7 Å². The zero-order chi connectivity index (χ0) is 17.2. The standard InChI is InChI=1S/C19H18N4S2/c1-13(2)22-19-23(17(12-25-19)18-8-5-9-24-18)21-11-14-10-20-16-7-4-3-6-15(14)16/h3-13,20H,1-2H3. The second-order valence-corrected chi connectivity index (χ2v) is 7.73. The largest absolute Gasteiger partial charge is 0.361 e. The number of hydrogen-bond acceptors (Lipinski definition) is 4. The molecule has 0 atom stereocenters. The van der Waals surface area contributed by atoms with Crippen molar-refractivity contribution in [1.82, 2.24) is 9.66 Å². The number of benzene rings is 1. The highest BCUT2D eigenvalue weighted by molar-refractivity contribution is 7.14. The first kappa shape index (κ1) is 16.1. The summed E-state index contributed by atoms with van der Waals surface area (Å²) in [7, 11) is 0. The van der Waals surface area contributed by atoms with Crippen LogP contribution in [0.2, 0.25) is 0 Å². The Balaban J connectivity index is 1.82. The van der Waals surface area contributed by atoms with Gasteiger partial charge in [-0.25, -0.2) is 4.68 Å². The molecule has 0 fully saturated rings. The van der Waals surface area contributed by atoms with Crippen molar-refractivity contribution in [1.29, 1.82) is 0 Å². The first-order valence-electron chi connectivity index (χ1n) is 8.11. The quantitative estimate of drug-likeness (QED) is 0.497. The lowest BCUT2D eigenvalue weighted by molar-refractivity contribution is 0.755. The summed E-state index contributed by atoms with van der Waals surface area (Å²) >= 11 is 3.34. The van der Waals surface area contributed by atoms with E-state index in [1.54, 1.807) is 22.7 Å². The molecule has 0 aliphatic carbocycles. The van der Waals surface area contributed by atoms with Gasteiger partial charge in [0, 0.05) is 34.1 Å². The van der Waals surface area contributed by atoms with Gasteiger partial charge in [0.15, 0.2) is 0 Å². The van der Waals surface area contributed by atoms with Crippen molar-refractivity contribution in [3.05, 3.63) is 63.7 Å². The van der Waals surface area contributed by atoms with Crippen LogP contribution in [-0.2, 0) is 0 Å². The molecule has 0 saturated heterocycles. The van der Waals surface area contributed by atoms with E-state index in [2.05, 4.69) is 53.9 Å². The summed E-state index contributed by atoms with van der Waals surface area (Å²) in [6, 6.07) is 12.6. The molecule has 0 radical (unpaired) electrons. The summed E-state index contributed by atoms with van der Waals surface area (Å²) in [5, 5.41) is 10.1. The molecule has 4 aromatic rings. The maximum absolute atomic E-state index is 4.76. The number of aromatic amines is 1. The van der Waals surface area contributed by atoms with Gasteiger partial charge in [-0.05, 0) is 31.4 Å². The Labute approximate surface area is 153 Å². The fourth-order valence-electron chi connectivity index (χ4n) is 2.64. The Kier molecular flexibility index (Phi) is 4.38. The van der Waals surface area contributed by atoms with Crippen molar-refractivity contribution in [2.45, 2.75) is 19.9 Å². The average Bonchev–Trinajstić information content (AvgIpc) is 3.32. The van der Waals surface area contributed by atoms with Gasteiger partial charge in [0.2, 0.25) is 4.80 Å². The smallest absolute Gasteiger partial charge is 0.206 e. The van der Waals surface area contributed by atoms with Crippen molar-refractivity contribution in [2.24, 2.45) is 10.1 Å². The number of fused-ring (bicyclic) bond motifs is 1. The summed E-state index contributed by atoms with van der Waals surface area (Å²) < 4.78 is 1.94. The van der Waals surface area contributed by atoms with Gasteiger partial charge >= 0.3 is 0 Å². The van der Waals surface area contributed by atoms with Crippen LogP contribution < -0.4 is 4.80 Å². The van der Waals surface area contributed by atoms with Gasteiger partial charge in [-0.1, -0.05) is 24.3 Å². The second kappa shape index (κ2) is 6.82. The summed E-state index contributed by atoms with van der Waals surface area (Å²) in [5.41, 5.74) is 3.27. The monoisotopic (exact) mass is 366 g/mol. The van der Waals surface area contributed by atoms with Gasteiger partial charge in [0.1, 0.15) is 0 Å². The summed E-state index contributed by atoms with van der Waals surface area (Å²) in [6.07, 6.45) is 3.90. The molecule has 0 aliphatic heterocycles. The second-order valence-electron chi connectivity index (χ2n) is 5.95. The SMILES string of the molecule is CC(C)N=c1scc(-c2cccs2)n1N=Cc1c[nH]c2ccccc12. The van der Waals surface area contributed by atoms with Gasteiger partial charge < -0.3 is 4.98 Å². The number of aromatic nitrogens is 2. The number of nitrogens with zero attached hydrogens (tertiary/aromatic N) is 3. The van der Waals surface area contributed by atoms with E-state index in [1.807, 2.05) is 29.2 Å². The van der Waals surface area contributed by atoms with E-state index in [4.69, 9.17) is 10.1 Å². The Morgan fingerprint density at radius 1 is 1.12 bits per heavy atom. The van der Waals surface area contributed by atoms with Crippen LogP contribution in [0.3, 0.4) is 0 Å². The number of nitrogens with one attached hydrogen (secondary N) is 1. The summed E-state index contributed by atoms with van der Waals surface area (Å²) in [5.74, 6) is 0. The molecule has 0 bridgehead atoms. The molecule has 25 heavy (non-hydrogen) atoms.